The maximum Gasteiger partial charge on any atom is -0.0253 e. The molecule has 0 heterocycles. The molecule has 0 bridgehead atoms. The van der Waals surface area contributed by atoms with Crippen molar-refractivity contribution in [2.75, 3.05) is 0 Å². The second-order valence-electron chi connectivity index (χ2n) is 5.04. The van der Waals surface area contributed by atoms with Gasteiger partial charge in [-0.1, -0.05) is 57.0 Å². The predicted molar refractivity (Wildman–Crippen MR) is 68.1 cm³/mol. The first-order valence-corrected chi connectivity index (χ1v) is 6.17. The molecule has 1 aromatic rings. The van der Waals surface area contributed by atoms with Crippen molar-refractivity contribution in [3.8, 4) is 0 Å². The Bertz CT molecular complexity index is 271. The van der Waals surface area contributed by atoms with Crippen LogP contribution >= 0.6 is 0 Å². The minimum Gasteiger partial charge on any atom is -0.0651 e. The molecule has 1 aromatic carbocycles. The van der Waals surface area contributed by atoms with Gasteiger partial charge >= 0.3 is 0 Å². The molecule has 0 aromatic heterocycles. The Morgan fingerprint density at radius 2 is 1.60 bits per heavy atom. The minimum absolute atomic E-state index is 0.808. The van der Waals surface area contributed by atoms with Crippen molar-refractivity contribution >= 4 is 0 Å². The van der Waals surface area contributed by atoms with E-state index in [2.05, 4.69) is 52.0 Å². The molecule has 0 aliphatic rings. The molecular weight excluding hydrogens is 180 g/mol. The Hall–Kier alpha value is -0.780. The molecule has 0 aliphatic carbocycles. The van der Waals surface area contributed by atoms with E-state index in [1.807, 2.05) is 0 Å². The lowest BCUT2D eigenvalue weighted by Crippen LogP contribution is -2.05. The number of hydrogen-bond donors (Lipinski definition) is 0. The van der Waals surface area contributed by atoms with E-state index in [1.54, 1.807) is 0 Å². The molecule has 0 nitrogen and oxygen atoms in total. The Labute approximate surface area is 94.7 Å². The Kier molecular flexibility index (Phi) is 4.87. The van der Waals surface area contributed by atoms with Crippen LogP contribution in [0.2, 0.25) is 0 Å². The van der Waals surface area contributed by atoms with Gasteiger partial charge in [0.25, 0.3) is 0 Å². The molecule has 2 atom stereocenters. The van der Waals surface area contributed by atoms with Crippen molar-refractivity contribution in [3.05, 3.63) is 35.4 Å². The summed E-state index contributed by atoms with van der Waals surface area (Å²) in [6, 6.07) is 8.96. The predicted octanol–water partition coefficient (Wildman–Crippen LogP) is 4.61. The highest BCUT2D eigenvalue weighted by Crippen LogP contribution is 2.19. The van der Waals surface area contributed by atoms with Gasteiger partial charge in [-0.2, -0.15) is 0 Å². The van der Waals surface area contributed by atoms with Crippen molar-refractivity contribution in [1.82, 2.24) is 0 Å². The van der Waals surface area contributed by atoms with Gasteiger partial charge in [-0.3, -0.25) is 0 Å². The van der Waals surface area contributed by atoms with Gasteiger partial charge in [0.2, 0.25) is 0 Å². The first-order chi connectivity index (χ1) is 7.11. The van der Waals surface area contributed by atoms with E-state index in [0.717, 1.165) is 11.8 Å². The van der Waals surface area contributed by atoms with E-state index in [9.17, 15) is 0 Å². The summed E-state index contributed by atoms with van der Waals surface area (Å²) in [6.07, 6.45) is 3.88. The zero-order valence-corrected chi connectivity index (χ0v) is 10.6. The molecule has 0 aliphatic heterocycles. The zero-order valence-electron chi connectivity index (χ0n) is 10.6. The number of benzene rings is 1. The summed E-state index contributed by atoms with van der Waals surface area (Å²) in [5.41, 5.74) is 2.84. The van der Waals surface area contributed by atoms with Crippen molar-refractivity contribution in [2.24, 2.45) is 11.8 Å². The van der Waals surface area contributed by atoms with E-state index in [1.165, 1.54) is 30.4 Å². The first kappa shape index (κ1) is 12.3. The van der Waals surface area contributed by atoms with Crippen LogP contribution in [-0.2, 0) is 6.42 Å². The summed E-state index contributed by atoms with van der Waals surface area (Å²) in [6.45, 7) is 9.15. The fraction of sp³-hybridized carbons (Fsp3) is 0.600. The molecule has 0 saturated carbocycles. The Morgan fingerprint density at radius 3 is 2.13 bits per heavy atom. The highest BCUT2D eigenvalue weighted by Gasteiger charge is 2.07. The van der Waals surface area contributed by atoms with E-state index in [-0.39, 0.29) is 0 Å². The van der Waals surface area contributed by atoms with Crippen LogP contribution in [0.25, 0.3) is 0 Å². The normalized spacial score (nSPS) is 14.9. The highest BCUT2D eigenvalue weighted by atomic mass is 14.1. The monoisotopic (exact) mass is 204 g/mol. The third-order valence-electron chi connectivity index (χ3n) is 3.21. The van der Waals surface area contributed by atoms with Crippen molar-refractivity contribution in [3.63, 3.8) is 0 Å². The minimum atomic E-state index is 0.808. The molecule has 0 heteroatoms. The Balaban J connectivity index is 2.44. The molecule has 0 N–H and O–H groups in total. The topological polar surface area (TPSA) is 0 Å². The summed E-state index contributed by atoms with van der Waals surface area (Å²) in [5, 5.41) is 0. The van der Waals surface area contributed by atoms with Gasteiger partial charge in [-0.05, 0) is 37.2 Å². The second-order valence-corrected chi connectivity index (χ2v) is 5.04. The average molecular weight is 204 g/mol. The molecule has 0 saturated heterocycles. The van der Waals surface area contributed by atoms with Crippen LogP contribution in [0, 0.1) is 18.8 Å². The van der Waals surface area contributed by atoms with Gasteiger partial charge in [0.05, 0.1) is 0 Å². The summed E-state index contributed by atoms with van der Waals surface area (Å²) in [5.74, 6) is 1.67. The van der Waals surface area contributed by atoms with Gasteiger partial charge < -0.3 is 0 Å². The van der Waals surface area contributed by atoms with E-state index < -0.39 is 0 Å². The summed E-state index contributed by atoms with van der Waals surface area (Å²) < 4.78 is 0. The lowest BCUT2D eigenvalue weighted by molar-refractivity contribution is 0.404. The molecule has 0 radical (unpaired) electrons. The maximum atomic E-state index is 2.37. The first-order valence-electron chi connectivity index (χ1n) is 6.17. The van der Waals surface area contributed by atoms with Crippen LogP contribution in [0.15, 0.2) is 24.3 Å². The maximum absolute atomic E-state index is 2.37. The Morgan fingerprint density at radius 1 is 1.00 bits per heavy atom. The van der Waals surface area contributed by atoms with E-state index in [4.69, 9.17) is 0 Å². The number of hydrogen-bond acceptors (Lipinski definition) is 0. The van der Waals surface area contributed by atoms with Crippen LogP contribution in [0.3, 0.4) is 0 Å². The van der Waals surface area contributed by atoms with Crippen LogP contribution in [-0.4, -0.2) is 0 Å². The summed E-state index contributed by atoms with van der Waals surface area (Å²) in [4.78, 5) is 0. The molecule has 0 amide bonds. The summed E-state index contributed by atoms with van der Waals surface area (Å²) >= 11 is 0. The average Bonchev–Trinajstić information content (AvgIpc) is 2.21. The van der Waals surface area contributed by atoms with Gasteiger partial charge in [0, 0.05) is 0 Å². The summed E-state index contributed by atoms with van der Waals surface area (Å²) in [7, 11) is 0. The molecule has 0 spiro atoms. The third kappa shape index (κ3) is 4.51. The van der Waals surface area contributed by atoms with Crippen LogP contribution < -0.4 is 0 Å². The zero-order chi connectivity index (χ0) is 11.3. The van der Waals surface area contributed by atoms with E-state index in [0.29, 0.717) is 0 Å². The van der Waals surface area contributed by atoms with Crippen molar-refractivity contribution in [2.45, 2.75) is 47.0 Å². The lowest BCUT2D eigenvalue weighted by Gasteiger charge is -2.15. The van der Waals surface area contributed by atoms with Gasteiger partial charge in [0.15, 0.2) is 0 Å². The largest absolute Gasteiger partial charge is 0.0651 e. The highest BCUT2D eigenvalue weighted by molar-refractivity contribution is 5.21. The molecule has 84 valence electrons. The van der Waals surface area contributed by atoms with Gasteiger partial charge in [-0.25, -0.2) is 0 Å². The second kappa shape index (κ2) is 5.95. The molecule has 2 unspecified atom stereocenters. The van der Waals surface area contributed by atoms with Gasteiger partial charge in [0.1, 0.15) is 0 Å². The number of rotatable bonds is 5. The SMILES string of the molecule is CCC(C)CC(C)Cc1ccc(C)cc1. The molecule has 1 rings (SSSR count). The van der Waals surface area contributed by atoms with Crippen molar-refractivity contribution < 1.29 is 0 Å². The third-order valence-corrected chi connectivity index (χ3v) is 3.21. The molecule has 0 fully saturated rings. The standard InChI is InChI=1S/C15H24/c1-5-12(2)10-14(4)11-15-8-6-13(3)7-9-15/h6-9,12,14H,5,10-11H2,1-4H3. The quantitative estimate of drug-likeness (QED) is 0.657. The molecule has 15 heavy (non-hydrogen) atoms. The number of aryl methyl sites for hydroxylation is 1. The van der Waals surface area contributed by atoms with Crippen LogP contribution in [0.5, 0.6) is 0 Å². The molecular formula is C15H24. The van der Waals surface area contributed by atoms with Crippen LogP contribution in [0.1, 0.15) is 44.7 Å². The fourth-order valence-corrected chi connectivity index (χ4v) is 2.06. The van der Waals surface area contributed by atoms with Crippen LogP contribution in [0.4, 0.5) is 0 Å². The smallest absolute Gasteiger partial charge is 0.0253 e. The fourth-order valence-electron chi connectivity index (χ4n) is 2.06. The van der Waals surface area contributed by atoms with Gasteiger partial charge in [-0.15, -0.1) is 0 Å². The van der Waals surface area contributed by atoms with E-state index >= 15 is 0 Å². The lowest BCUT2D eigenvalue weighted by atomic mass is 9.90. The van der Waals surface area contributed by atoms with Crippen molar-refractivity contribution in [1.29, 1.82) is 0 Å².